The second-order valence-corrected chi connectivity index (χ2v) is 11.9. The van der Waals surface area contributed by atoms with E-state index in [2.05, 4.69) is 24.9 Å². The predicted molar refractivity (Wildman–Crippen MR) is 168 cm³/mol. The number of aliphatic carboxylic acids is 1. The molecule has 0 aromatic carbocycles. The van der Waals surface area contributed by atoms with Crippen molar-refractivity contribution in [1.82, 2.24) is 17.6 Å². The minimum atomic E-state index is -4.64. The molecule has 0 aromatic heterocycles. The zero-order valence-corrected chi connectivity index (χ0v) is 28.6. The average Bonchev–Trinajstić information content (AvgIpc) is 2.78. The van der Waals surface area contributed by atoms with Crippen LogP contribution in [-0.2, 0) is 18.5 Å². The highest BCUT2D eigenvalue weighted by atomic mass is 31.2. The van der Waals surface area contributed by atoms with Crippen LogP contribution in [0.5, 0.6) is 0 Å². The van der Waals surface area contributed by atoms with Crippen LogP contribution in [0.2, 0.25) is 0 Å². The molecule has 0 atom stereocenters. The zero-order chi connectivity index (χ0) is 33.2. The van der Waals surface area contributed by atoms with Gasteiger partial charge in [0.25, 0.3) is 0 Å². The fourth-order valence-corrected chi connectivity index (χ4v) is 2.89. The molecule has 0 heterocycles. The molecule has 18 nitrogen and oxygen atoms in total. The number of nitrogens with two attached hydrogens (primary N) is 1. The van der Waals surface area contributed by atoms with E-state index in [1.165, 1.54) is 116 Å². The third-order valence-corrected chi connectivity index (χ3v) is 4.59. The minimum Gasteiger partial charge on any atom is -0.480 e. The van der Waals surface area contributed by atoms with Crippen LogP contribution in [-0.4, -0.2) is 74.8 Å². The van der Waals surface area contributed by atoms with Crippen LogP contribution < -0.4 is 23.4 Å². The number of unbranched alkanes of at least 4 members (excludes halogenated alkanes) is 14. The van der Waals surface area contributed by atoms with Crippen LogP contribution in [0, 0.1) is 0 Å². The second-order valence-electron chi connectivity index (χ2n) is 8.84. The van der Waals surface area contributed by atoms with Crippen LogP contribution >= 0.6 is 23.5 Å². The van der Waals surface area contributed by atoms with E-state index in [1.807, 2.05) is 0 Å². The predicted octanol–water partition coefficient (Wildman–Crippen LogP) is 3.43. The summed E-state index contributed by atoms with van der Waals surface area (Å²) < 4.78 is 26.6. The lowest BCUT2D eigenvalue weighted by Crippen LogP contribution is -2.16. The van der Waals surface area contributed by atoms with E-state index >= 15 is 0 Å². The number of carboxylic acid groups (broad SMARTS) is 1. The molecule has 0 spiro atoms. The summed E-state index contributed by atoms with van der Waals surface area (Å²) >= 11 is 0. The molecule has 0 bridgehead atoms. The van der Waals surface area contributed by atoms with E-state index < -0.39 is 29.4 Å². The minimum absolute atomic E-state index is 0. The summed E-state index contributed by atoms with van der Waals surface area (Å²) in [5.74, 6) is -0.968. The van der Waals surface area contributed by atoms with Gasteiger partial charge in [-0.05, 0) is 25.9 Å². The van der Waals surface area contributed by atoms with Crippen LogP contribution in [0.4, 0.5) is 0 Å². The molecule has 0 fully saturated rings. The van der Waals surface area contributed by atoms with Gasteiger partial charge in [0.2, 0.25) is 0 Å². The van der Waals surface area contributed by atoms with Crippen molar-refractivity contribution in [3.05, 3.63) is 0 Å². The van der Waals surface area contributed by atoms with Gasteiger partial charge in [-0.25, -0.2) is 13.7 Å². The Bertz CT molecular complexity index is 589. The lowest BCUT2D eigenvalue weighted by Gasteiger charge is -2.05. The summed E-state index contributed by atoms with van der Waals surface area (Å²) in [6.45, 7) is 6.78. The van der Waals surface area contributed by atoms with Gasteiger partial charge in [0.15, 0.2) is 0 Å². The van der Waals surface area contributed by atoms with Crippen molar-refractivity contribution < 1.29 is 67.6 Å². The molecular weight excluding hydrogens is 637 g/mol. The normalized spacial score (nSPS) is 10.4. The van der Waals surface area contributed by atoms with Crippen molar-refractivity contribution in [2.45, 2.75) is 117 Å². The molecular formula is C22H63N4O14P3. The summed E-state index contributed by atoms with van der Waals surface area (Å²) in [6, 6.07) is 0. The molecule has 0 radical (unpaired) electrons. The Morgan fingerprint density at radius 2 is 0.674 bits per heavy atom. The monoisotopic (exact) mass is 700 g/mol. The molecule has 0 rings (SSSR count). The highest BCUT2D eigenvalue weighted by molar-refractivity contribution is 7.45. The molecule has 0 amide bonds. The van der Waals surface area contributed by atoms with Gasteiger partial charge in [0.05, 0.1) is 6.54 Å². The highest BCUT2D eigenvalue weighted by Gasteiger charge is 2.01. The van der Waals surface area contributed by atoms with Gasteiger partial charge < -0.3 is 72.5 Å². The maximum atomic E-state index is 9.24. The third kappa shape index (κ3) is 170. The first-order valence-electron chi connectivity index (χ1n) is 13.7. The molecule has 0 unspecified atom stereocenters. The van der Waals surface area contributed by atoms with E-state index in [1.54, 1.807) is 0 Å². The summed E-state index contributed by atoms with van der Waals surface area (Å²) in [5.41, 5.74) is 4.57. The van der Waals surface area contributed by atoms with E-state index in [-0.39, 0.29) is 18.8 Å². The van der Waals surface area contributed by atoms with E-state index in [9.17, 15) is 4.79 Å². The standard InChI is InChI=1S/C20H43N.C2H5NO2.2H3N.3H3O4P/c1-3-5-7-9-11-13-15-17-19-21-20-18-16-14-12-10-8-6-4-2;3-1-2(4)5;;;3*1-5(2,3)4/h21H,3-20H2,1-2H3;1,3H2,(H,4,5);2*1H3;3*(H3,1,2,3,4). The Hall–Kier alpha value is -0.360. The number of nitrogens with one attached hydrogen (secondary N) is 1. The van der Waals surface area contributed by atoms with Gasteiger partial charge in [-0.2, -0.15) is 0 Å². The number of rotatable bonds is 19. The Morgan fingerprint density at radius 3 is 0.837 bits per heavy atom. The maximum absolute atomic E-state index is 9.24. The van der Waals surface area contributed by atoms with Gasteiger partial charge >= 0.3 is 29.4 Å². The molecule has 0 aliphatic carbocycles. The van der Waals surface area contributed by atoms with Crippen molar-refractivity contribution >= 4 is 29.4 Å². The molecule has 270 valence electrons. The summed E-state index contributed by atoms with van der Waals surface area (Å²) in [6.07, 6.45) is 22.8. The zero-order valence-electron chi connectivity index (χ0n) is 25.9. The van der Waals surface area contributed by atoms with E-state index in [0.717, 1.165) is 0 Å². The fraction of sp³-hybridized carbons (Fsp3) is 0.955. The Kier molecular flexibility index (Phi) is 56.4. The van der Waals surface area contributed by atoms with Gasteiger partial charge in [-0.15, -0.1) is 0 Å². The van der Waals surface area contributed by atoms with Crippen molar-refractivity contribution in [3.63, 3.8) is 0 Å². The third-order valence-electron chi connectivity index (χ3n) is 4.59. The first kappa shape index (κ1) is 58.2. The Balaban J connectivity index is -0.0000000958. The van der Waals surface area contributed by atoms with Gasteiger partial charge in [-0.3, -0.25) is 4.79 Å². The maximum Gasteiger partial charge on any atom is 0.466 e. The molecule has 19 N–H and O–H groups in total. The lowest BCUT2D eigenvalue weighted by atomic mass is 10.1. The van der Waals surface area contributed by atoms with Crippen LogP contribution in [0.3, 0.4) is 0 Å². The Labute approximate surface area is 256 Å². The van der Waals surface area contributed by atoms with Crippen LogP contribution in [0.1, 0.15) is 117 Å². The first-order valence-corrected chi connectivity index (χ1v) is 18.4. The summed E-state index contributed by atoms with van der Waals surface area (Å²) in [4.78, 5) is 73.9. The topological polar surface area (TPSA) is 379 Å². The molecule has 0 saturated carbocycles. The lowest BCUT2D eigenvalue weighted by molar-refractivity contribution is -0.135. The first-order chi connectivity index (χ1) is 18.7. The van der Waals surface area contributed by atoms with Crippen LogP contribution in [0.25, 0.3) is 0 Å². The Morgan fingerprint density at radius 1 is 0.512 bits per heavy atom. The second kappa shape index (κ2) is 41.6. The van der Waals surface area contributed by atoms with Gasteiger partial charge in [0.1, 0.15) is 0 Å². The molecule has 0 aromatic rings. The van der Waals surface area contributed by atoms with Crippen molar-refractivity contribution in [1.29, 1.82) is 0 Å². The molecule has 21 heteroatoms. The average molecular weight is 701 g/mol. The number of hydrogen-bond donors (Lipinski definition) is 14. The summed E-state index contributed by atoms with van der Waals surface area (Å²) in [7, 11) is -13.9. The molecule has 0 saturated heterocycles. The quantitative estimate of drug-likeness (QED) is 0.0677. The van der Waals surface area contributed by atoms with E-state index in [0.29, 0.717) is 0 Å². The molecule has 43 heavy (non-hydrogen) atoms. The van der Waals surface area contributed by atoms with Crippen LogP contribution in [0.15, 0.2) is 0 Å². The number of carboxylic acids is 1. The summed E-state index contributed by atoms with van der Waals surface area (Å²) in [5, 5.41) is 11.2. The van der Waals surface area contributed by atoms with Crippen molar-refractivity contribution in [2.75, 3.05) is 19.6 Å². The number of phosphoric acid groups is 3. The number of hydrogen-bond acceptors (Lipinski definition) is 8. The van der Waals surface area contributed by atoms with Crippen molar-refractivity contribution in [3.8, 4) is 0 Å². The fourth-order valence-electron chi connectivity index (χ4n) is 2.89. The SMILES string of the molecule is CCCCCCCCCCNCCCCCCCCCC.N.N.NCC(=O)O.O=P(O)(O)O.O=P(O)(O)O.O=P(O)(O)O. The number of carbonyl (C=O) groups is 1. The molecule has 0 aliphatic heterocycles. The van der Waals surface area contributed by atoms with Gasteiger partial charge in [-0.1, -0.05) is 104 Å². The molecule has 0 aliphatic rings. The van der Waals surface area contributed by atoms with E-state index in [4.69, 9.17) is 62.8 Å². The van der Waals surface area contributed by atoms with Crippen molar-refractivity contribution in [2.24, 2.45) is 5.73 Å². The largest absolute Gasteiger partial charge is 0.480 e. The highest BCUT2D eigenvalue weighted by Crippen LogP contribution is 2.26. The smallest absolute Gasteiger partial charge is 0.466 e. The van der Waals surface area contributed by atoms with Gasteiger partial charge in [0, 0.05) is 0 Å².